The van der Waals surface area contributed by atoms with Gasteiger partial charge in [0, 0.05) is 24.5 Å². The fourth-order valence-electron chi connectivity index (χ4n) is 3.42. The minimum absolute atomic E-state index is 0.211. The molecule has 0 aliphatic rings. The third kappa shape index (κ3) is 4.20. The molecule has 1 amide bonds. The Balaban J connectivity index is 1.46. The number of amides is 1. The van der Waals surface area contributed by atoms with E-state index in [0.29, 0.717) is 30.2 Å². The maximum atomic E-state index is 12.8. The summed E-state index contributed by atoms with van der Waals surface area (Å²) < 4.78 is 8.45. The van der Waals surface area contributed by atoms with Gasteiger partial charge in [0.25, 0.3) is 5.91 Å². The van der Waals surface area contributed by atoms with Crippen LogP contribution in [0.1, 0.15) is 39.9 Å². The SMILES string of the molecule is CCc1c(C(=O)NCc2ccc(-n3nc(C)cc3C)nc2)cnn1-c1ccc(OC)nn1. The molecule has 32 heavy (non-hydrogen) atoms. The number of rotatable bonds is 7. The van der Waals surface area contributed by atoms with E-state index in [9.17, 15) is 4.79 Å². The minimum atomic E-state index is -0.211. The van der Waals surface area contributed by atoms with Crippen molar-refractivity contribution in [1.29, 1.82) is 0 Å². The van der Waals surface area contributed by atoms with Gasteiger partial charge < -0.3 is 10.1 Å². The molecular weight excluding hydrogens is 408 g/mol. The third-order valence-electron chi connectivity index (χ3n) is 4.99. The van der Waals surface area contributed by atoms with Crippen LogP contribution in [-0.2, 0) is 13.0 Å². The van der Waals surface area contributed by atoms with Crippen LogP contribution in [0, 0.1) is 13.8 Å². The summed E-state index contributed by atoms with van der Waals surface area (Å²) in [7, 11) is 1.53. The van der Waals surface area contributed by atoms with Crippen molar-refractivity contribution in [2.45, 2.75) is 33.7 Å². The number of nitrogens with one attached hydrogen (secondary N) is 1. The van der Waals surface area contributed by atoms with Crippen LogP contribution in [-0.4, -0.2) is 47.8 Å². The number of pyridine rings is 1. The maximum Gasteiger partial charge on any atom is 0.255 e. The molecule has 0 unspecified atom stereocenters. The fraction of sp³-hybridized carbons (Fsp3) is 0.273. The molecule has 4 aromatic heterocycles. The van der Waals surface area contributed by atoms with E-state index in [1.165, 1.54) is 7.11 Å². The summed E-state index contributed by atoms with van der Waals surface area (Å²) in [6, 6.07) is 9.26. The third-order valence-corrected chi connectivity index (χ3v) is 4.99. The standard InChI is InChI=1S/C22H24N8O2/c1-5-18-17(13-25-30(18)20-8-9-21(32-4)27-26-20)22(31)24-12-16-6-7-19(23-11-16)29-15(3)10-14(2)28-29/h6-11,13H,5,12H2,1-4H3,(H,24,31). The molecule has 0 bridgehead atoms. The summed E-state index contributed by atoms with van der Waals surface area (Å²) in [5.74, 6) is 1.46. The topological polar surface area (TPSA) is 113 Å². The highest BCUT2D eigenvalue weighted by atomic mass is 16.5. The van der Waals surface area contributed by atoms with Crippen molar-refractivity contribution in [1.82, 2.24) is 40.1 Å². The second kappa shape index (κ2) is 8.96. The van der Waals surface area contributed by atoms with Crippen LogP contribution in [0.25, 0.3) is 11.6 Å². The number of hydrogen-bond acceptors (Lipinski definition) is 7. The summed E-state index contributed by atoms with van der Waals surface area (Å²) >= 11 is 0. The van der Waals surface area contributed by atoms with Gasteiger partial charge in [-0.1, -0.05) is 13.0 Å². The highest BCUT2D eigenvalue weighted by molar-refractivity contribution is 5.95. The lowest BCUT2D eigenvalue weighted by atomic mass is 10.2. The molecule has 10 heteroatoms. The van der Waals surface area contributed by atoms with Crippen molar-refractivity contribution in [3.05, 3.63) is 70.9 Å². The monoisotopic (exact) mass is 432 g/mol. The Hall–Kier alpha value is -4.08. The van der Waals surface area contributed by atoms with Gasteiger partial charge in [0.1, 0.15) is 0 Å². The first-order chi connectivity index (χ1) is 15.5. The summed E-state index contributed by atoms with van der Waals surface area (Å²) in [6.07, 6.45) is 3.89. The second-order valence-electron chi connectivity index (χ2n) is 7.25. The van der Waals surface area contributed by atoms with Gasteiger partial charge in [0.05, 0.1) is 30.3 Å². The Bertz CT molecular complexity index is 1230. The largest absolute Gasteiger partial charge is 0.480 e. The van der Waals surface area contributed by atoms with Gasteiger partial charge in [0.2, 0.25) is 5.88 Å². The quantitative estimate of drug-likeness (QED) is 0.477. The first-order valence-corrected chi connectivity index (χ1v) is 10.2. The van der Waals surface area contributed by atoms with Crippen molar-refractivity contribution in [2.75, 3.05) is 7.11 Å². The Morgan fingerprint density at radius 2 is 1.88 bits per heavy atom. The van der Waals surface area contributed by atoms with Crippen molar-refractivity contribution in [2.24, 2.45) is 0 Å². The molecule has 0 radical (unpaired) electrons. The highest BCUT2D eigenvalue weighted by Crippen LogP contribution is 2.16. The summed E-state index contributed by atoms with van der Waals surface area (Å²) in [6.45, 7) is 6.24. The number of methoxy groups -OCH3 is 1. The van der Waals surface area contributed by atoms with E-state index < -0.39 is 0 Å². The Morgan fingerprint density at radius 3 is 2.47 bits per heavy atom. The second-order valence-corrected chi connectivity index (χ2v) is 7.25. The van der Waals surface area contributed by atoms with Gasteiger partial charge in [-0.15, -0.1) is 10.2 Å². The van der Waals surface area contributed by atoms with E-state index in [0.717, 1.165) is 28.5 Å². The molecule has 4 rings (SSSR count). The normalized spacial score (nSPS) is 10.9. The van der Waals surface area contributed by atoms with E-state index in [1.54, 1.807) is 33.9 Å². The van der Waals surface area contributed by atoms with E-state index in [4.69, 9.17) is 4.74 Å². The Labute approximate surface area is 185 Å². The molecule has 0 saturated heterocycles. The number of ether oxygens (including phenoxy) is 1. The van der Waals surface area contributed by atoms with Crippen LogP contribution in [0.3, 0.4) is 0 Å². The lowest BCUT2D eigenvalue weighted by molar-refractivity contribution is 0.0950. The van der Waals surface area contributed by atoms with Gasteiger partial charge in [-0.3, -0.25) is 4.79 Å². The number of nitrogens with zero attached hydrogens (tertiary/aromatic N) is 7. The predicted octanol–water partition coefficient (Wildman–Crippen LogP) is 2.36. The Kier molecular flexibility index (Phi) is 5.93. The van der Waals surface area contributed by atoms with Crippen LogP contribution in [0.4, 0.5) is 0 Å². The summed E-state index contributed by atoms with van der Waals surface area (Å²) in [5, 5.41) is 19.8. The molecule has 0 aliphatic carbocycles. The summed E-state index contributed by atoms with van der Waals surface area (Å²) in [4.78, 5) is 17.3. The first-order valence-electron chi connectivity index (χ1n) is 10.2. The molecule has 10 nitrogen and oxygen atoms in total. The highest BCUT2D eigenvalue weighted by Gasteiger charge is 2.18. The van der Waals surface area contributed by atoms with Gasteiger partial charge in [0.15, 0.2) is 11.6 Å². The van der Waals surface area contributed by atoms with Crippen LogP contribution >= 0.6 is 0 Å². The number of aromatic nitrogens is 7. The molecule has 4 aromatic rings. The zero-order chi connectivity index (χ0) is 22.7. The molecule has 0 aromatic carbocycles. The van der Waals surface area contributed by atoms with Gasteiger partial charge in [-0.25, -0.2) is 14.3 Å². The molecule has 0 atom stereocenters. The van der Waals surface area contributed by atoms with Crippen LogP contribution in [0.5, 0.6) is 5.88 Å². The lowest BCUT2D eigenvalue weighted by Gasteiger charge is -2.09. The average molecular weight is 432 g/mol. The van der Waals surface area contributed by atoms with Crippen molar-refractivity contribution < 1.29 is 9.53 Å². The molecule has 0 aliphatic heterocycles. The molecule has 0 fully saturated rings. The number of carbonyl (C=O) groups is 1. The van der Waals surface area contributed by atoms with Crippen molar-refractivity contribution in [3.63, 3.8) is 0 Å². The first kappa shape index (κ1) is 21.2. The van der Waals surface area contributed by atoms with Gasteiger partial charge >= 0.3 is 0 Å². The van der Waals surface area contributed by atoms with Crippen LogP contribution in [0.2, 0.25) is 0 Å². The van der Waals surface area contributed by atoms with Crippen molar-refractivity contribution in [3.8, 4) is 17.5 Å². The van der Waals surface area contributed by atoms with E-state index >= 15 is 0 Å². The lowest BCUT2D eigenvalue weighted by Crippen LogP contribution is -2.24. The van der Waals surface area contributed by atoms with Crippen LogP contribution in [0.15, 0.2) is 42.7 Å². The zero-order valence-electron chi connectivity index (χ0n) is 18.4. The Morgan fingerprint density at radius 1 is 1.06 bits per heavy atom. The van der Waals surface area contributed by atoms with E-state index in [1.807, 2.05) is 39.0 Å². The molecule has 1 N–H and O–H groups in total. The van der Waals surface area contributed by atoms with Gasteiger partial charge in [-0.2, -0.15) is 10.2 Å². The molecule has 164 valence electrons. The zero-order valence-corrected chi connectivity index (χ0v) is 18.4. The summed E-state index contributed by atoms with van der Waals surface area (Å²) in [5.41, 5.74) is 4.09. The van der Waals surface area contributed by atoms with Crippen LogP contribution < -0.4 is 10.1 Å². The molecule has 4 heterocycles. The minimum Gasteiger partial charge on any atom is -0.480 e. The number of hydrogen-bond donors (Lipinski definition) is 1. The maximum absolute atomic E-state index is 12.8. The molecule has 0 spiro atoms. The van der Waals surface area contributed by atoms with Gasteiger partial charge in [-0.05, 0) is 44.0 Å². The average Bonchev–Trinajstić information content (AvgIpc) is 3.40. The smallest absolute Gasteiger partial charge is 0.255 e. The molecular formula is C22H24N8O2. The number of carbonyl (C=O) groups excluding carboxylic acids is 1. The predicted molar refractivity (Wildman–Crippen MR) is 117 cm³/mol. The van der Waals surface area contributed by atoms with E-state index in [-0.39, 0.29) is 5.91 Å². The molecule has 0 saturated carbocycles. The fourth-order valence-corrected chi connectivity index (χ4v) is 3.42. The van der Waals surface area contributed by atoms with E-state index in [2.05, 4.69) is 30.7 Å². The van der Waals surface area contributed by atoms with Crippen molar-refractivity contribution >= 4 is 5.91 Å². The number of aryl methyl sites for hydroxylation is 2.